The summed E-state index contributed by atoms with van der Waals surface area (Å²) in [4.78, 5) is 38.9. The zero-order valence-corrected chi connectivity index (χ0v) is 19.2. The van der Waals surface area contributed by atoms with Gasteiger partial charge < -0.3 is 4.42 Å². The van der Waals surface area contributed by atoms with Crippen molar-refractivity contribution in [1.82, 2.24) is 5.32 Å². The van der Waals surface area contributed by atoms with Crippen molar-refractivity contribution >= 4 is 45.5 Å². The van der Waals surface area contributed by atoms with Crippen molar-refractivity contribution in [3.8, 4) is 11.3 Å². The van der Waals surface area contributed by atoms with Gasteiger partial charge in [0.15, 0.2) is 0 Å². The number of carbonyl (C=O) groups is 3. The van der Waals surface area contributed by atoms with Gasteiger partial charge in [-0.05, 0) is 60.4 Å². The van der Waals surface area contributed by atoms with Crippen LogP contribution in [0.5, 0.6) is 0 Å². The zero-order valence-electron chi connectivity index (χ0n) is 17.6. The molecule has 0 saturated carbocycles. The van der Waals surface area contributed by atoms with E-state index in [4.69, 9.17) is 4.42 Å². The van der Waals surface area contributed by atoms with E-state index in [-0.39, 0.29) is 5.57 Å². The van der Waals surface area contributed by atoms with E-state index in [1.54, 1.807) is 24.3 Å². The molecule has 3 aromatic rings. The molecule has 1 saturated heterocycles. The van der Waals surface area contributed by atoms with E-state index in [1.165, 1.54) is 6.08 Å². The first kappa shape index (κ1) is 21.8. The maximum Gasteiger partial charge on any atom is 0.335 e. The van der Waals surface area contributed by atoms with Gasteiger partial charge in [0.1, 0.15) is 17.1 Å². The van der Waals surface area contributed by atoms with Crippen LogP contribution in [0.1, 0.15) is 37.5 Å². The molecule has 2 aromatic carbocycles. The van der Waals surface area contributed by atoms with E-state index < -0.39 is 17.8 Å². The van der Waals surface area contributed by atoms with E-state index in [1.807, 2.05) is 36.4 Å². The van der Waals surface area contributed by atoms with Crippen molar-refractivity contribution in [3.05, 3.63) is 82.0 Å². The predicted octanol–water partition coefficient (Wildman–Crippen LogP) is 5.89. The minimum atomic E-state index is -0.775. The van der Waals surface area contributed by atoms with E-state index in [2.05, 4.69) is 35.1 Å². The molecule has 0 spiro atoms. The summed E-state index contributed by atoms with van der Waals surface area (Å²) in [5, 5.41) is 2.23. The van der Waals surface area contributed by atoms with Gasteiger partial charge in [-0.15, -0.1) is 0 Å². The Hall–Kier alpha value is -3.45. The second-order valence-electron chi connectivity index (χ2n) is 7.57. The van der Waals surface area contributed by atoms with Gasteiger partial charge in [-0.1, -0.05) is 54.0 Å². The summed E-state index contributed by atoms with van der Waals surface area (Å²) in [5.41, 5.74) is 2.19. The molecule has 0 aliphatic carbocycles. The van der Waals surface area contributed by atoms with Crippen LogP contribution in [-0.2, 0) is 9.59 Å². The normalized spacial score (nSPS) is 16.4. The third-order valence-electron chi connectivity index (χ3n) is 5.48. The molecule has 4 amide bonds. The Morgan fingerprint density at radius 3 is 2.34 bits per heavy atom. The molecule has 162 valence electrons. The quantitative estimate of drug-likeness (QED) is 0.355. The van der Waals surface area contributed by atoms with Crippen LogP contribution in [-0.4, -0.2) is 17.8 Å². The van der Waals surface area contributed by atoms with Crippen molar-refractivity contribution in [2.45, 2.75) is 26.2 Å². The number of hydrogen-bond donors (Lipinski definition) is 1. The number of rotatable bonds is 5. The number of barbiturate groups is 1. The minimum Gasteiger partial charge on any atom is -0.457 e. The highest BCUT2D eigenvalue weighted by molar-refractivity contribution is 9.10. The predicted molar refractivity (Wildman–Crippen MR) is 126 cm³/mol. The summed E-state index contributed by atoms with van der Waals surface area (Å²) < 4.78 is 6.75. The van der Waals surface area contributed by atoms with Gasteiger partial charge in [-0.2, -0.15) is 0 Å². The third-order valence-corrected chi connectivity index (χ3v) is 6.01. The number of benzene rings is 2. The fourth-order valence-corrected chi connectivity index (χ4v) is 3.69. The molecule has 32 heavy (non-hydrogen) atoms. The van der Waals surface area contributed by atoms with E-state index in [0.717, 1.165) is 26.9 Å². The number of imide groups is 2. The molecule has 1 atom stereocenters. The van der Waals surface area contributed by atoms with Crippen LogP contribution < -0.4 is 10.2 Å². The molecule has 0 radical (unpaired) electrons. The molecule has 1 aliphatic rings. The topological polar surface area (TPSA) is 79.6 Å². The van der Waals surface area contributed by atoms with Gasteiger partial charge in [0, 0.05) is 10.0 Å². The smallest absolute Gasteiger partial charge is 0.335 e. The number of amides is 4. The summed E-state index contributed by atoms with van der Waals surface area (Å²) in [6.45, 7) is 4.21. The molecule has 1 N–H and O–H groups in total. The monoisotopic (exact) mass is 492 g/mol. The van der Waals surface area contributed by atoms with Gasteiger partial charge in [0.2, 0.25) is 0 Å². The molecular formula is C25H21BrN2O4. The summed E-state index contributed by atoms with van der Waals surface area (Å²) in [6, 6.07) is 17.4. The van der Waals surface area contributed by atoms with Gasteiger partial charge in [-0.3, -0.25) is 14.9 Å². The van der Waals surface area contributed by atoms with E-state index in [0.29, 0.717) is 23.1 Å². The van der Waals surface area contributed by atoms with Crippen LogP contribution in [0.25, 0.3) is 17.4 Å². The Balaban J connectivity index is 1.62. The van der Waals surface area contributed by atoms with Gasteiger partial charge in [-0.25, -0.2) is 9.69 Å². The van der Waals surface area contributed by atoms with Crippen LogP contribution >= 0.6 is 15.9 Å². The van der Waals surface area contributed by atoms with Gasteiger partial charge in [0.05, 0.1) is 5.69 Å². The average molecular weight is 493 g/mol. The van der Waals surface area contributed by atoms with Crippen LogP contribution in [0.15, 0.2) is 75.1 Å². The molecule has 1 unspecified atom stereocenters. The SMILES string of the molecule is CCC(C)c1ccc(N2C(=O)NC(=O)/C(=C/c3ccc(-c4ccc(Br)cc4)o3)C2=O)cc1. The largest absolute Gasteiger partial charge is 0.457 e. The molecular weight excluding hydrogens is 472 g/mol. The highest BCUT2D eigenvalue weighted by Crippen LogP contribution is 2.28. The fourth-order valence-electron chi connectivity index (χ4n) is 3.42. The maximum atomic E-state index is 13.1. The molecule has 0 bridgehead atoms. The summed E-state index contributed by atoms with van der Waals surface area (Å²) in [6.07, 6.45) is 2.34. The number of anilines is 1. The number of halogens is 1. The van der Waals surface area contributed by atoms with Crippen molar-refractivity contribution in [1.29, 1.82) is 0 Å². The lowest BCUT2D eigenvalue weighted by Crippen LogP contribution is -2.54. The van der Waals surface area contributed by atoms with Crippen molar-refractivity contribution in [3.63, 3.8) is 0 Å². The first-order valence-corrected chi connectivity index (χ1v) is 11.0. The summed E-state index contributed by atoms with van der Waals surface area (Å²) in [5.74, 6) is -0.152. The number of urea groups is 1. The van der Waals surface area contributed by atoms with Gasteiger partial charge >= 0.3 is 6.03 Å². The first-order chi connectivity index (χ1) is 15.4. The minimum absolute atomic E-state index is 0.174. The molecule has 1 aromatic heterocycles. The number of nitrogens with zero attached hydrogens (tertiary/aromatic N) is 1. The average Bonchev–Trinajstić information content (AvgIpc) is 3.25. The van der Waals surface area contributed by atoms with Crippen LogP contribution in [0.4, 0.5) is 10.5 Å². The van der Waals surface area contributed by atoms with Gasteiger partial charge in [0.25, 0.3) is 11.8 Å². The third kappa shape index (κ3) is 4.29. The lowest BCUT2D eigenvalue weighted by atomic mass is 9.98. The number of carbonyl (C=O) groups excluding carboxylic acids is 3. The molecule has 2 heterocycles. The second kappa shape index (κ2) is 8.96. The second-order valence-corrected chi connectivity index (χ2v) is 8.48. The van der Waals surface area contributed by atoms with Crippen molar-refractivity contribution < 1.29 is 18.8 Å². The maximum absolute atomic E-state index is 13.1. The summed E-state index contributed by atoms with van der Waals surface area (Å²) >= 11 is 3.39. The Morgan fingerprint density at radius 2 is 1.69 bits per heavy atom. The highest BCUT2D eigenvalue weighted by Gasteiger charge is 2.37. The van der Waals surface area contributed by atoms with Crippen molar-refractivity contribution in [2.24, 2.45) is 0 Å². The highest BCUT2D eigenvalue weighted by atomic mass is 79.9. The molecule has 1 fully saturated rings. The lowest BCUT2D eigenvalue weighted by Gasteiger charge is -2.26. The number of furan rings is 1. The Kier molecular flexibility index (Phi) is 6.10. The number of nitrogens with one attached hydrogen (secondary N) is 1. The van der Waals surface area contributed by atoms with E-state index >= 15 is 0 Å². The standard InChI is InChI=1S/C25H21BrN2O4/c1-3-15(2)16-6-10-19(11-7-16)28-24(30)21(23(29)27-25(28)31)14-20-12-13-22(32-20)17-4-8-18(26)9-5-17/h4-15H,3H2,1-2H3,(H,27,29,31)/b21-14-. The summed E-state index contributed by atoms with van der Waals surface area (Å²) in [7, 11) is 0. The zero-order chi connectivity index (χ0) is 22.8. The molecule has 6 nitrogen and oxygen atoms in total. The van der Waals surface area contributed by atoms with Crippen LogP contribution in [0.3, 0.4) is 0 Å². The Bertz CT molecular complexity index is 1210. The van der Waals surface area contributed by atoms with Crippen LogP contribution in [0, 0.1) is 0 Å². The number of hydrogen-bond acceptors (Lipinski definition) is 4. The molecule has 4 rings (SSSR count). The Labute approximate surface area is 194 Å². The Morgan fingerprint density at radius 1 is 1.00 bits per heavy atom. The van der Waals surface area contributed by atoms with E-state index in [9.17, 15) is 14.4 Å². The molecule has 7 heteroatoms. The molecule has 1 aliphatic heterocycles. The van der Waals surface area contributed by atoms with Crippen molar-refractivity contribution in [2.75, 3.05) is 4.90 Å². The van der Waals surface area contributed by atoms with Crippen LogP contribution in [0.2, 0.25) is 0 Å². The fraction of sp³-hybridized carbons (Fsp3) is 0.160. The first-order valence-electron chi connectivity index (χ1n) is 10.2. The lowest BCUT2D eigenvalue weighted by molar-refractivity contribution is -0.122.